The number of thioether (sulfide) groups is 1. The van der Waals surface area contributed by atoms with Crippen LogP contribution in [0, 0.1) is 14.1 Å². The number of imide groups is 1. The Morgan fingerprint density at radius 2 is 1.90 bits per heavy atom. The molecule has 1 aliphatic rings. The molecule has 3 amide bonds. The van der Waals surface area contributed by atoms with Gasteiger partial charge in [0.15, 0.2) is 0 Å². The Hall–Kier alpha value is -1.60. The van der Waals surface area contributed by atoms with Crippen molar-refractivity contribution in [2.75, 3.05) is 19.0 Å². The van der Waals surface area contributed by atoms with E-state index < -0.39 is 17.1 Å². The van der Waals surface area contributed by atoms with E-state index in [4.69, 9.17) is 4.74 Å². The molecule has 0 aromatic heterocycles. The Balaban J connectivity index is 1.77. The van der Waals surface area contributed by atoms with Crippen LogP contribution in [0.4, 0.5) is 10.5 Å². The second kappa shape index (κ2) is 9.47. The number of ether oxygens (including phenoxy) is 1. The predicted molar refractivity (Wildman–Crippen MR) is 131 cm³/mol. The maximum absolute atomic E-state index is 12.7. The van der Waals surface area contributed by atoms with Crippen LogP contribution in [-0.2, 0) is 9.59 Å². The van der Waals surface area contributed by atoms with Crippen molar-refractivity contribution >= 4 is 85.8 Å². The number of anilines is 1. The molecule has 0 aliphatic carbocycles. The molecular weight excluding hydrogens is 618 g/mol. The van der Waals surface area contributed by atoms with Crippen molar-refractivity contribution < 1.29 is 19.1 Å². The Bertz CT molecular complexity index is 1020. The van der Waals surface area contributed by atoms with Gasteiger partial charge in [0.2, 0.25) is 5.91 Å². The minimum atomic E-state index is -0.491. The van der Waals surface area contributed by atoms with E-state index in [0.717, 1.165) is 29.4 Å². The molecule has 0 atom stereocenters. The molecule has 0 unspecified atom stereocenters. The van der Waals surface area contributed by atoms with Crippen molar-refractivity contribution in [3.8, 4) is 5.75 Å². The number of halogens is 2. The van der Waals surface area contributed by atoms with Gasteiger partial charge in [0.05, 0.1) is 15.6 Å². The van der Waals surface area contributed by atoms with Crippen LogP contribution in [0.1, 0.15) is 11.1 Å². The second-order valence-corrected chi connectivity index (χ2v) is 9.59. The molecule has 1 N–H and O–H groups in total. The van der Waals surface area contributed by atoms with Crippen LogP contribution < -0.4 is 10.1 Å². The van der Waals surface area contributed by atoms with Gasteiger partial charge in [0.25, 0.3) is 11.1 Å². The lowest BCUT2D eigenvalue weighted by molar-refractivity contribution is -0.127. The summed E-state index contributed by atoms with van der Waals surface area (Å²) in [6.45, 7) is 1.61. The van der Waals surface area contributed by atoms with Crippen LogP contribution in [0.15, 0.2) is 41.3 Å². The maximum Gasteiger partial charge on any atom is 0.294 e. The molecule has 3 rings (SSSR count). The summed E-state index contributed by atoms with van der Waals surface area (Å²) >= 11 is 5.16. The maximum atomic E-state index is 12.7. The van der Waals surface area contributed by atoms with E-state index in [9.17, 15) is 14.4 Å². The molecule has 1 fully saturated rings. The Kier molecular flexibility index (Phi) is 7.22. The Labute approximate surface area is 199 Å². The summed E-state index contributed by atoms with van der Waals surface area (Å²) in [6.07, 6.45) is 1.63. The first-order valence-corrected chi connectivity index (χ1v) is 11.4. The van der Waals surface area contributed by atoms with E-state index in [1.807, 2.05) is 31.2 Å². The predicted octanol–water partition coefficient (Wildman–Crippen LogP) is 4.89. The van der Waals surface area contributed by atoms with Crippen molar-refractivity contribution in [1.29, 1.82) is 0 Å². The molecule has 2 aromatic carbocycles. The van der Waals surface area contributed by atoms with E-state index in [1.165, 1.54) is 0 Å². The number of hydrogen-bond acceptors (Lipinski definition) is 5. The number of methoxy groups -OCH3 is 1. The van der Waals surface area contributed by atoms with Crippen LogP contribution in [0.5, 0.6) is 5.75 Å². The number of aryl methyl sites for hydroxylation is 1. The summed E-state index contributed by atoms with van der Waals surface area (Å²) in [7, 11) is 1.56. The lowest BCUT2D eigenvalue weighted by Gasteiger charge is -2.12. The molecule has 6 nitrogen and oxygen atoms in total. The van der Waals surface area contributed by atoms with Gasteiger partial charge in [-0.05, 0) is 94.2 Å². The lowest BCUT2D eigenvalue weighted by atomic mass is 10.2. The molecule has 29 heavy (non-hydrogen) atoms. The number of amides is 3. The van der Waals surface area contributed by atoms with E-state index in [0.29, 0.717) is 17.0 Å². The number of hydrogen-bond donors (Lipinski definition) is 1. The highest BCUT2D eigenvalue weighted by atomic mass is 127. The fourth-order valence-electron chi connectivity index (χ4n) is 2.66. The largest absolute Gasteiger partial charge is 0.495 e. The van der Waals surface area contributed by atoms with E-state index >= 15 is 0 Å². The molecule has 1 saturated heterocycles. The fourth-order valence-corrected chi connectivity index (χ4v) is 5.60. The lowest BCUT2D eigenvalue weighted by Crippen LogP contribution is -2.36. The van der Waals surface area contributed by atoms with Gasteiger partial charge in [-0.25, -0.2) is 0 Å². The monoisotopic (exact) mass is 634 g/mol. The van der Waals surface area contributed by atoms with Crippen molar-refractivity contribution in [3.63, 3.8) is 0 Å². The minimum absolute atomic E-state index is 0.259. The zero-order chi connectivity index (χ0) is 21.1. The van der Waals surface area contributed by atoms with E-state index in [2.05, 4.69) is 50.5 Å². The van der Waals surface area contributed by atoms with Gasteiger partial charge in [0.1, 0.15) is 12.3 Å². The van der Waals surface area contributed by atoms with Gasteiger partial charge in [-0.1, -0.05) is 17.7 Å². The summed E-state index contributed by atoms with van der Waals surface area (Å²) in [5, 5.41) is 2.23. The highest BCUT2D eigenvalue weighted by Crippen LogP contribution is 2.36. The van der Waals surface area contributed by atoms with E-state index in [1.54, 1.807) is 25.3 Å². The van der Waals surface area contributed by atoms with E-state index in [-0.39, 0.29) is 11.4 Å². The third-order valence-corrected chi connectivity index (χ3v) is 6.37. The van der Waals surface area contributed by atoms with Crippen molar-refractivity contribution in [1.82, 2.24) is 4.90 Å². The van der Waals surface area contributed by atoms with Crippen LogP contribution in [-0.4, -0.2) is 35.6 Å². The third kappa shape index (κ3) is 5.31. The van der Waals surface area contributed by atoms with Crippen molar-refractivity contribution in [2.24, 2.45) is 0 Å². The summed E-state index contributed by atoms with van der Waals surface area (Å²) in [6, 6.07) is 11.1. The summed E-state index contributed by atoms with van der Waals surface area (Å²) in [5.41, 5.74) is 2.39. The van der Waals surface area contributed by atoms with Crippen LogP contribution in [0.2, 0.25) is 0 Å². The number of carbonyl (C=O) groups is 3. The second-order valence-electron chi connectivity index (χ2n) is 6.19. The molecule has 0 radical (unpaired) electrons. The molecule has 1 aliphatic heterocycles. The summed E-state index contributed by atoms with van der Waals surface area (Å²) < 4.78 is 7.32. The highest BCUT2D eigenvalue weighted by Gasteiger charge is 2.36. The smallest absolute Gasteiger partial charge is 0.294 e. The summed E-state index contributed by atoms with van der Waals surface area (Å²) in [4.78, 5) is 38.5. The number of nitrogens with zero attached hydrogens (tertiary/aromatic N) is 1. The Morgan fingerprint density at radius 1 is 1.21 bits per heavy atom. The van der Waals surface area contributed by atoms with Crippen molar-refractivity contribution in [3.05, 3.63) is 59.6 Å². The Morgan fingerprint density at radius 3 is 2.55 bits per heavy atom. The van der Waals surface area contributed by atoms with Gasteiger partial charge in [-0.3, -0.25) is 19.3 Å². The zero-order valence-electron chi connectivity index (χ0n) is 15.5. The molecule has 1 heterocycles. The van der Waals surface area contributed by atoms with Crippen molar-refractivity contribution in [2.45, 2.75) is 6.92 Å². The van der Waals surface area contributed by atoms with Crippen LogP contribution in [0.25, 0.3) is 6.08 Å². The minimum Gasteiger partial charge on any atom is -0.495 e. The molecular formula is C20H16I2N2O4S. The first kappa shape index (κ1) is 22.1. The number of benzene rings is 2. The van der Waals surface area contributed by atoms with Gasteiger partial charge < -0.3 is 10.1 Å². The average Bonchev–Trinajstić information content (AvgIpc) is 2.91. The number of nitrogens with one attached hydrogen (secondary N) is 1. The van der Waals surface area contributed by atoms with Gasteiger partial charge >= 0.3 is 0 Å². The van der Waals surface area contributed by atoms with Gasteiger partial charge in [0, 0.05) is 14.8 Å². The SMILES string of the molecule is COc1c(I)cc(I)cc1/C=C1/SC(=O)N(CC(=O)Nc2ccc(C)cc2)C1=O. The molecule has 150 valence electrons. The quantitative estimate of drug-likeness (QED) is 0.375. The number of rotatable bonds is 5. The molecule has 2 aromatic rings. The molecule has 0 bridgehead atoms. The highest BCUT2D eigenvalue weighted by molar-refractivity contribution is 14.1. The average molecular weight is 634 g/mol. The van der Waals surface area contributed by atoms with Gasteiger partial charge in [-0.15, -0.1) is 0 Å². The first-order chi connectivity index (χ1) is 13.8. The standard InChI is InChI=1S/C20H16I2N2O4S/c1-11-3-5-14(6-4-11)23-17(25)10-24-19(26)16(29-20(24)27)8-12-7-13(21)9-15(22)18(12)28-2/h3-9H,10H2,1-2H3,(H,23,25)/b16-8+. The van der Waals surface area contributed by atoms with Crippen LogP contribution in [0.3, 0.4) is 0 Å². The van der Waals surface area contributed by atoms with Crippen LogP contribution >= 0.6 is 56.9 Å². The fraction of sp³-hybridized carbons (Fsp3) is 0.150. The normalized spacial score (nSPS) is 15.2. The summed E-state index contributed by atoms with van der Waals surface area (Å²) in [5.74, 6) is -0.288. The number of carbonyl (C=O) groups excluding carboxylic acids is 3. The zero-order valence-corrected chi connectivity index (χ0v) is 20.6. The molecule has 9 heteroatoms. The molecule has 0 spiro atoms. The molecule has 0 saturated carbocycles. The topological polar surface area (TPSA) is 75.7 Å². The third-order valence-electron chi connectivity index (χ3n) is 4.04. The van der Waals surface area contributed by atoms with Gasteiger partial charge in [-0.2, -0.15) is 0 Å². The first-order valence-electron chi connectivity index (χ1n) is 8.43.